The summed E-state index contributed by atoms with van der Waals surface area (Å²) in [6.07, 6.45) is 3.62. The summed E-state index contributed by atoms with van der Waals surface area (Å²) in [5, 5.41) is 9.09. The van der Waals surface area contributed by atoms with Gasteiger partial charge in [-0.05, 0) is 43.2 Å². The molecule has 110 valence electrons. The Balaban J connectivity index is 1.71. The number of nitrogens with zero attached hydrogens (tertiary/aromatic N) is 1. The lowest BCUT2D eigenvalue weighted by Gasteiger charge is -2.24. The molecule has 2 aromatic rings. The van der Waals surface area contributed by atoms with Crippen molar-refractivity contribution in [3.63, 3.8) is 0 Å². The van der Waals surface area contributed by atoms with Gasteiger partial charge < -0.3 is 5.11 Å². The van der Waals surface area contributed by atoms with Crippen molar-refractivity contribution in [3.05, 3.63) is 46.0 Å². The fraction of sp³-hybridized carbons (Fsp3) is 0.375. The first-order valence-electron chi connectivity index (χ1n) is 7.06. The molecule has 3 nitrogen and oxygen atoms in total. The number of carbonyl (C=O) groups is 1. The Kier molecular flexibility index (Phi) is 4.31. The molecule has 1 atom stereocenters. The van der Waals surface area contributed by atoms with E-state index in [0.29, 0.717) is 16.5 Å². The Hall–Kier alpha value is -1.33. The topological polar surface area (TPSA) is 50.2 Å². The van der Waals surface area contributed by atoms with Crippen LogP contribution in [0.4, 0.5) is 0 Å². The average Bonchev–Trinajstić information content (AvgIpc) is 2.86. The van der Waals surface area contributed by atoms with Crippen LogP contribution in [-0.4, -0.2) is 21.8 Å². The molecule has 0 aliphatic heterocycles. The number of carboxylic acid groups (broad SMARTS) is 1. The van der Waals surface area contributed by atoms with E-state index in [1.165, 1.54) is 41.7 Å². The second-order valence-electron chi connectivity index (χ2n) is 5.30. The molecule has 0 fully saturated rings. The molecule has 21 heavy (non-hydrogen) atoms. The zero-order valence-corrected chi connectivity index (χ0v) is 13.5. The second kappa shape index (κ2) is 6.20. The monoisotopic (exact) mass is 319 g/mol. The minimum absolute atomic E-state index is 0.363. The van der Waals surface area contributed by atoms with Crippen LogP contribution in [0.5, 0.6) is 0 Å². The van der Waals surface area contributed by atoms with Gasteiger partial charge in [0.2, 0.25) is 0 Å². The minimum atomic E-state index is -0.875. The van der Waals surface area contributed by atoms with Crippen LogP contribution in [0, 0.1) is 6.92 Å². The third-order valence-electron chi connectivity index (χ3n) is 3.87. The van der Waals surface area contributed by atoms with E-state index in [9.17, 15) is 4.79 Å². The van der Waals surface area contributed by atoms with Crippen LogP contribution < -0.4 is 0 Å². The maximum absolute atomic E-state index is 11.1. The lowest BCUT2D eigenvalue weighted by atomic mass is 9.84. The van der Waals surface area contributed by atoms with E-state index in [2.05, 4.69) is 29.2 Å². The zero-order chi connectivity index (χ0) is 14.8. The van der Waals surface area contributed by atoms with Gasteiger partial charge in [-0.2, -0.15) is 0 Å². The summed E-state index contributed by atoms with van der Waals surface area (Å²) in [6.45, 7) is 1.76. The normalized spacial score (nSPS) is 17.5. The molecule has 1 aromatic carbocycles. The van der Waals surface area contributed by atoms with E-state index >= 15 is 0 Å². The van der Waals surface area contributed by atoms with Crippen molar-refractivity contribution >= 4 is 29.1 Å². The highest BCUT2D eigenvalue weighted by molar-refractivity contribution is 8.01. The smallest absolute Gasteiger partial charge is 0.347 e. The summed E-state index contributed by atoms with van der Waals surface area (Å²) in [7, 11) is 0. The average molecular weight is 319 g/mol. The zero-order valence-electron chi connectivity index (χ0n) is 11.8. The third-order valence-corrected chi connectivity index (χ3v) is 6.32. The van der Waals surface area contributed by atoms with E-state index in [1.807, 2.05) is 0 Å². The minimum Gasteiger partial charge on any atom is -0.477 e. The number of carboxylic acids is 1. The summed E-state index contributed by atoms with van der Waals surface area (Å²) in [5.41, 5.74) is 3.55. The highest BCUT2D eigenvalue weighted by Gasteiger charge is 2.21. The third kappa shape index (κ3) is 3.14. The Bertz CT molecular complexity index is 666. The van der Waals surface area contributed by atoms with Gasteiger partial charge in [0.05, 0.1) is 5.69 Å². The van der Waals surface area contributed by atoms with Gasteiger partial charge in [0, 0.05) is 5.75 Å². The molecular weight excluding hydrogens is 302 g/mol. The molecule has 0 bridgehead atoms. The number of fused-ring (bicyclic) bond motifs is 1. The molecule has 1 aromatic heterocycles. The van der Waals surface area contributed by atoms with Crippen molar-refractivity contribution in [2.75, 3.05) is 5.75 Å². The Morgan fingerprint density at radius 3 is 3.05 bits per heavy atom. The Morgan fingerprint density at radius 1 is 1.48 bits per heavy atom. The molecule has 0 radical (unpaired) electrons. The van der Waals surface area contributed by atoms with Crippen LogP contribution in [0.3, 0.4) is 0 Å². The number of aromatic carboxylic acids is 1. The van der Waals surface area contributed by atoms with Gasteiger partial charge in [-0.15, -0.1) is 11.3 Å². The van der Waals surface area contributed by atoms with E-state index in [1.54, 1.807) is 18.7 Å². The van der Waals surface area contributed by atoms with E-state index in [-0.39, 0.29) is 0 Å². The first-order chi connectivity index (χ1) is 10.1. The largest absolute Gasteiger partial charge is 0.477 e. The number of hydrogen-bond donors (Lipinski definition) is 1. The van der Waals surface area contributed by atoms with Crippen LogP contribution in [0.1, 0.15) is 45.3 Å². The van der Waals surface area contributed by atoms with Crippen molar-refractivity contribution in [3.8, 4) is 0 Å². The number of aromatic nitrogens is 1. The van der Waals surface area contributed by atoms with E-state index < -0.39 is 5.97 Å². The van der Waals surface area contributed by atoms with Crippen molar-refractivity contribution < 1.29 is 9.90 Å². The summed E-state index contributed by atoms with van der Waals surface area (Å²) in [4.78, 5) is 15.8. The van der Waals surface area contributed by atoms with Gasteiger partial charge in [0.1, 0.15) is 4.88 Å². The number of benzene rings is 1. The Labute approximate surface area is 132 Å². The molecule has 0 amide bonds. The maximum Gasteiger partial charge on any atom is 0.347 e. The van der Waals surface area contributed by atoms with Gasteiger partial charge in [-0.25, -0.2) is 9.78 Å². The molecule has 3 rings (SSSR count). The van der Waals surface area contributed by atoms with Crippen molar-refractivity contribution in [2.45, 2.75) is 36.4 Å². The van der Waals surface area contributed by atoms with Crippen molar-refractivity contribution in [2.24, 2.45) is 0 Å². The predicted molar refractivity (Wildman–Crippen MR) is 86.7 cm³/mol. The van der Waals surface area contributed by atoms with Crippen LogP contribution in [0.25, 0.3) is 0 Å². The standard InChI is InChI=1S/C16H17NO2S2/c1-10-14(15(18)19)21-16(17-10)20-9-12-7-4-6-11-5-2-3-8-13(11)12/h2-3,5,8,12H,4,6-7,9H2,1H3,(H,18,19). The van der Waals surface area contributed by atoms with Gasteiger partial charge in [-0.3, -0.25) is 0 Å². The maximum atomic E-state index is 11.1. The second-order valence-corrected chi connectivity index (χ2v) is 7.56. The highest BCUT2D eigenvalue weighted by atomic mass is 32.2. The highest BCUT2D eigenvalue weighted by Crippen LogP contribution is 2.37. The molecular formula is C16H17NO2S2. The van der Waals surface area contributed by atoms with Crippen LogP contribution in [0.15, 0.2) is 28.6 Å². The molecule has 1 heterocycles. The summed E-state index contributed by atoms with van der Waals surface area (Å²) in [6, 6.07) is 8.67. The first kappa shape index (κ1) is 14.6. The Morgan fingerprint density at radius 2 is 2.29 bits per heavy atom. The number of thioether (sulfide) groups is 1. The van der Waals surface area contributed by atoms with Crippen molar-refractivity contribution in [1.82, 2.24) is 4.98 Å². The summed E-state index contributed by atoms with van der Waals surface area (Å²) < 4.78 is 0.868. The fourth-order valence-electron chi connectivity index (χ4n) is 2.83. The van der Waals surface area contributed by atoms with Gasteiger partial charge in [0.25, 0.3) is 0 Å². The van der Waals surface area contributed by atoms with E-state index in [0.717, 1.165) is 10.1 Å². The number of aryl methyl sites for hydroxylation is 2. The number of rotatable bonds is 4. The molecule has 0 spiro atoms. The molecule has 1 aliphatic carbocycles. The molecule has 5 heteroatoms. The van der Waals surface area contributed by atoms with Crippen molar-refractivity contribution in [1.29, 1.82) is 0 Å². The van der Waals surface area contributed by atoms with Crippen LogP contribution in [0.2, 0.25) is 0 Å². The van der Waals surface area contributed by atoms with Crippen LogP contribution in [-0.2, 0) is 6.42 Å². The van der Waals surface area contributed by atoms with Gasteiger partial charge >= 0.3 is 5.97 Å². The summed E-state index contributed by atoms with van der Waals surface area (Å²) >= 11 is 2.98. The molecule has 1 unspecified atom stereocenters. The lowest BCUT2D eigenvalue weighted by Crippen LogP contribution is -2.11. The SMILES string of the molecule is Cc1nc(SCC2CCCc3ccccc32)sc1C(=O)O. The van der Waals surface area contributed by atoms with Crippen LogP contribution >= 0.6 is 23.1 Å². The lowest BCUT2D eigenvalue weighted by molar-refractivity contribution is 0.0701. The fourth-order valence-corrected chi connectivity index (χ4v) is 5.05. The quantitative estimate of drug-likeness (QED) is 0.851. The van der Waals surface area contributed by atoms with Gasteiger partial charge in [-0.1, -0.05) is 36.0 Å². The molecule has 0 saturated carbocycles. The first-order valence-corrected chi connectivity index (χ1v) is 8.86. The molecule has 1 aliphatic rings. The van der Waals surface area contributed by atoms with Gasteiger partial charge in [0.15, 0.2) is 4.34 Å². The van der Waals surface area contributed by atoms with E-state index in [4.69, 9.17) is 5.11 Å². The summed E-state index contributed by atoms with van der Waals surface area (Å²) in [5.74, 6) is 0.653. The molecule has 1 N–H and O–H groups in total. The number of hydrogen-bond acceptors (Lipinski definition) is 4. The molecule has 0 saturated heterocycles. The predicted octanol–water partition coefficient (Wildman–Crippen LogP) is 4.36. The number of thiazole rings is 1.